The average molecular weight is 361 g/mol. The first-order valence-corrected chi connectivity index (χ1v) is 11.2. The minimum absolute atomic E-state index is 0.00972. The molecule has 0 heterocycles. The van der Waals surface area contributed by atoms with Gasteiger partial charge in [-0.05, 0) is 99.2 Å². The van der Waals surface area contributed by atoms with Crippen LogP contribution < -0.4 is 0 Å². The summed E-state index contributed by atoms with van der Waals surface area (Å²) in [5.41, 5.74) is -0.142. The zero-order valence-electron chi connectivity index (χ0n) is 16.6. The van der Waals surface area contributed by atoms with Crippen molar-refractivity contribution in [3.05, 3.63) is 0 Å². The Kier molecular flexibility index (Phi) is 3.94. The van der Waals surface area contributed by atoms with E-state index in [1.807, 2.05) is 0 Å². The number of hydrogen-bond donors (Lipinski definition) is 1. The molecular weight excluding hydrogens is 324 g/mol. The van der Waals surface area contributed by atoms with Gasteiger partial charge in [0, 0.05) is 18.9 Å². The van der Waals surface area contributed by atoms with E-state index in [0.717, 1.165) is 49.9 Å². The second-order valence-electron chi connectivity index (χ2n) is 10.8. The van der Waals surface area contributed by atoms with Crippen LogP contribution in [0.25, 0.3) is 0 Å². The summed E-state index contributed by atoms with van der Waals surface area (Å²) >= 11 is 0. The molecule has 0 aliphatic heterocycles. The minimum Gasteiger partial charge on any atom is -0.387 e. The van der Waals surface area contributed by atoms with Gasteiger partial charge >= 0.3 is 0 Å². The Morgan fingerprint density at radius 1 is 1.00 bits per heavy atom. The van der Waals surface area contributed by atoms with Gasteiger partial charge in [-0.15, -0.1) is 0 Å². The number of rotatable bonds is 3. The average Bonchev–Trinajstić information content (AvgIpc) is 3.41. The summed E-state index contributed by atoms with van der Waals surface area (Å²) in [5.74, 6) is 4.35. The van der Waals surface area contributed by atoms with Gasteiger partial charge in [-0.25, -0.2) is 0 Å². The first kappa shape index (κ1) is 17.7. The Hall–Kier alpha value is -0.410. The fraction of sp³-hybridized carbons (Fsp3) is 0.957. The third-order valence-corrected chi connectivity index (χ3v) is 9.85. The molecule has 7 atom stereocenters. The maximum absolute atomic E-state index is 12.6. The maximum Gasteiger partial charge on any atom is 0.139 e. The molecule has 0 amide bonds. The van der Waals surface area contributed by atoms with Crippen LogP contribution in [0.1, 0.15) is 77.6 Å². The van der Waals surface area contributed by atoms with Crippen molar-refractivity contribution < 1.29 is 14.6 Å². The highest BCUT2D eigenvalue weighted by atomic mass is 16.5. The van der Waals surface area contributed by atoms with Gasteiger partial charge in [0.25, 0.3) is 0 Å². The molecule has 0 bridgehead atoms. The van der Waals surface area contributed by atoms with Crippen molar-refractivity contribution in [3.63, 3.8) is 0 Å². The van der Waals surface area contributed by atoms with Gasteiger partial charge in [0.1, 0.15) is 5.78 Å². The standard InChI is InChI=1S/C23H36O3/c1-21-10-9-19-17(18(21)7-8-20(21)24)6-5-16-13-22(25,14-26-2)11-12-23(16,19)15-3-4-15/h15-19,25H,3-14H2,1-2H3/t16?,17-,18-,19-,21-,22-,23+/m0/s1. The number of ketones is 1. The first-order valence-electron chi connectivity index (χ1n) is 11.2. The highest BCUT2D eigenvalue weighted by Gasteiger charge is 2.65. The van der Waals surface area contributed by atoms with Crippen LogP contribution >= 0.6 is 0 Å². The van der Waals surface area contributed by atoms with Crippen molar-refractivity contribution >= 4 is 5.78 Å². The van der Waals surface area contributed by atoms with Crippen LogP contribution in [0.15, 0.2) is 0 Å². The predicted molar refractivity (Wildman–Crippen MR) is 101 cm³/mol. The molecule has 26 heavy (non-hydrogen) atoms. The summed E-state index contributed by atoms with van der Waals surface area (Å²) < 4.78 is 5.37. The topological polar surface area (TPSA) is 46.5 Å². The molecule has 146 valence electrons. The molecule has 3 nitrogen and oxygen atoms in total. The molecule has 0 radical (unpaired) electrons. The van der Waals surface area contributed by atoms with Crippen LogP contribution in [0.2, 0.25) is 0 Å². The molecule has 0 spiro atoms. The van der Waals surface area contributed by atoms with Crippen LogP contribution in [0.3, 0.4) is 0 Å². The van der Waals surface area contributed by atoms with Gasteiger partial charge in [-0.3, -0.25) is 4.79 Å². The Morgan fingerprint density at radius 3 is 2.50 bits per heavy atom. The molecule has 5 fully saturated rings. The highest BCUT2D eigenvalue weighted by molar-refractivity contribution is 5.87. The zero-order valence-corrected chi connectivity index (χ0v) is 16.6. The quantitative estimate of drug-likeness (QED) is 0.813. The Labute approximate surface area is 158 Å². The van der Waals surface area contributed by atoms with Crippen molar-refractivity contribution in [3.8, 4) is 0 Å². The number of ether oxygens (including phenoxy) is 1. The van der Waals surface area contributed by atoms with E-state index in [4.69, 9.17) is 4.74 Å². The van der Waals surface area contributed by atoms with Gasteiger partial charge < -0.3 is 9.84 Å². The van der Waals surface area contributed by atoms with E-state index in [-0.39, 0.29) is 5.41 Å². The molecule has 5 saturated carbocycles. The second-order valence-corrected chi connectivity index (χ2v) is 10.8. The van der Waals surface area contributed by atoms with Crippen molar-refractivity contribution in [1.29, 1.82) is 0 Å². The Bertz CT molecular complexity index is 598. The zero-order chi connectivity index (χ0) is 18.2. The lowest BCUT2D eigenvalue weighted by Gasteiger charge is -2.63. The molecule has 0 aromatic heterocycles. The molecule has 1 unspecified atom stereocenters. The lowest BCUT2D eigenvalue weighted by atomic mass is 9.42. The monoisotopic (exact) mass is 360 g/mol. The second kappa shape index (κ2) is 5.80. The summed E-state index contributed by atoms with van der Waals surface area (Å²) in [6.07, 6.45) is 12.8. The van der Waals surface area contributed by atoms with E-state index >= 15 is 0 Å². The molecule has 5 aliphatic rings. The largest absolute Gasteiger partial charge is 0.387 e. The number of fused-ring (bicyclic) bond motifs is 5. The van der Waals surface area contributed by atoms with Crippen molar-refractivity contribution in [2.45, 2.75) is 83.2 Å². The number of aliphatic hydroxyl groups is 1. The predicted octanol–water partition coefficient (Wildman–Crippen LogP) is 4.37. The normalized spacial score (nSPS) is 53.7. The summed E-state index contributed by atoms with van der Waals surface area (Å²) in [5, 5.41) is 11.1. The summed E-state index contributed by atoms with van der Waals surface area (Å²) in [7, 11) is 1.72. The van der Waals surface area contributed by atoms with Crippen molar-refractivity contribution in [1.82, 2.24) is 0 Å². The molecule has 3 heteroatoms. The molecule has 0 aromatic carbocycles. The lowest BCUT2D eigenvalue weighted by molar-refractivity contribution is -0.176. The first-order chi connectivity index (χ1) is 12.4. The molecular formula is C23H36O3. The van der Waals surface area contributed by atoms with Gasteiger partial charge in [0.15, 0.2) is 0 Å². The van der Waals surface area contributed by atoms with E-state index in [1.54, 1.807) is 7.11 Å². The summed E-state index contributed by atoms with van der Waals surface area (Å²) in [6, 6.07) is 0. The summed E-state index contributed by atoms with van der Waals surface area (Å²) in [6.45, 7) is 2.78. The van der Waals surface area contributed by atoms with E-state index in [9.17, 15) is 9.90 Å². The number of methoxy groups -OCH3 is 1. The van der Waals surface area contributed by atoms with E-state index in [2.05, 4.69) is 6.92 Å². The SMILES string of the molecule is COC[C@]1(O)CC[C@@]2(C3CC3)C(CC[C@@H]3[C@@H]2CC[C@]2(C)C(=O)CC[C@@H]32)C1. The van der Waals surface area contributed by atoms with Gasteiger partial charge in [0.05, 0.1) is 12.2 Å². The number of Topliss-reactive ketones (excluding diaryl/α,β-unsaturated/α-hetero) is 1. The molecule has 5 rings (SSSR count). The van der Waals surface area contributed by atoms with Gasteiger partial charge in [-0.1, -0.05) is 6.92 Å². The third-order valence-electron chi connectivity index (χ3n) is 9.85. The Morgan fingerprint density at radius 2 is 1.77 bits per heavy atom. The third kappa shape index (κ3) is 2.28. The van der Waals surface area contributed by atoms with Crippen LogP contribution in [-0.2, 0) is 9.53 Å². The molecule has 0 aromatic rings. The van der Waals surface area contributed by atoms with Crippen molar-refractivity contribution in [2.75, 3.05) is 13.7 Å². The fourth-order valence-electron chi connectivity index (χ4n) is 8.65. The number of carbonyl (C=O) groups is 1. The summed E-state index contributed by atoms with van der Waals surface area (Å²) in [4.78, 5) is 12.6. The van der Waals surface area contributed by atoms with E-state index < -0.39 is 5.60 Å². The van der Waals surface area contributed by atoms with Crippen LogP contribution in [0, 0.1) is 40.4 Å². The lowest BCUT2D eigenvalue weighted by Crippen LogP contribution is -2.58. The number of hydrogen-bond acceptors (Lipinski definition) is 3. The van der Waals surface area contributed by atoms with E-state index in [1.165, 1.54) is 38.5 Å². The van der Waals surface area contributed by atoms with Crippen molar-refractivity contribution in [2.24, 2.45) is 40.4 Å². The molecule has 5 aliphatic carbocycles. The smallest absolute Gasteiger partial charge is 0.139 e. The van der Waals surface area contributed by atoms with Gasteiger partial charge in [-0.2, -0.15) is 0 Å². The Balaban J connectivity index is 1.47. The highest BCUT2D eigenvalue weighted by Crippen LogP contribution is 2.71. The van der Waals surface area contributed by atoms with Crippen LogP contribution in [-0.4, -0.2) is 30.2 Å². The molecule has 0 saturated heterocycles. The van der Waals surface area contributed by atoms with E-state index in [0.29, 0.717) is 29.6 Å². The minimum atomic E-state index is -0.600. The van der Waals surface area contributed by atoms with Crippen LogP contribution in [0.5, 0.6) is 0 Å². The van der Waals surface area contributed by atoms with Gasteiger partial charge in [0.2, 0.25) is 0 Å². The fourth-order valence-corrected chi connectivity index (χ4v) is 8.65. The number of carbonyl (C=O) groups excluding carboxylic acids is 1. The maximum atomic E-state index is 12.6. The molecule has 1 N–H and O–H groups in total. The van der Waals surface area contributed by atoms with Crippen LogP contribution in [0.4, 0.5) is 0 Å².